The predicted octanol–water partition coefficient (Wildman–Crippen LogP) is 3.37. The van der Waals surface area contributed by atoms with Gasteiger partial charge in [-0.25, -0.2) is 4.98 Å². The van der Waals surface area contributed by atoms with Crippen LogP contribution in [0.5, 0.6) is 0 Å². The molecule has 0 atom stereocenters. The third-order valence-electron chi connectivity index (χ3n) is 2.48. The van der Waals surface area contributed by atoms with Crippen molar-refractivity contribution in [2.24, 2.45) is 0 Å². The van der Waals surface area contributed by atoms with Crippen molar-refractivity contribution < 1.29 is 4.42 Å². The zero-order valence-electron chi connectivity index (χ0n) is 9.90. The molecule has 1 aromatic carbocycles. The topological polar surface area (TPSA) is 61.9 Å². The van der Waals surface area contributed by atoms with E-state index in [1.807, 2.05) is 37.3 Å². The number of nitrogens with zero attached hydrogens (tertiary/aromatic N) is 2. The van der Waals surface area contributed by atoms with Crippen LogP contribution in [-0.2, 0) is 13.0 Å². The fraction of sp³-hybridized carbons (Fsp3) is 0.231. The standard InChI is InChI=1S/C13H12ClN3O/c1-2-12-17-11(7-15)13(18-12)16-8-9-5-3-4-6-10(9)14/h3-6,16H,2,8H2,1H3. The molecule has 1 heterocycles. The summed E-state index contributed by atoms with van der Waals surface area (Å²) in [7, 11) is 0. The van der Waals surface area contributed by atoms with Gasteiger partial charge in [0.25, 0.3) is 0 Å². The predicted molar refractivity (Wildman–Crippen MR) is 69.4 cm³/mol. The first kappa shape index (κ1) is 12.5. The quantitative estimate of drug-likeness (QED) is 0.917. The lowest BCUT2D eigenvalue weighted by atomic mass is 10.2. The number of rotatable bonds is 4. The molecule has 0 aliphatic carbocycles. The maximum atomic E-state index is 8.94. The van der Waals surface area contributed by atoms with Crippen LogP contribution in [0, 0.1) is 11.3 Å². The Bertz CT molecular complexity index is 586. The molecule has 0 saturated heterocycles. The van der Waals surface area contributed by atoms with E-state index >= 15 is 0 Å². The van der Waals surface area contributed by atoms with Crippen LogP contribution >= 0.6 is 11.6 Å². The summed E-state index contributed by atoms with van der Waals surface area (Å²) in [6.45, 7) is 2.41. The number of anilines is 1. The highest BCUT2D eigenvalue weighted by Crippen LogP contribution is 2.20. The molecule has 18 heavy (non-hydrogen) atoms. The van der Waals surface area contributed by atoms with E-state index in [2.05, 4.69) is 10.3 Å². The van der Waals surface area contributed by atoms with Gasteiger partial charge >= 0.3 is 0 Å². The zero-order valence-corrected chi connectivity index (χ0v) is 10.7. The molecule has 5 heteroatoms. The second-order valence-corrected chi connectivity index (χ2v) is 4.10. The number of hydrogen-bond donors (Lipinski definition) is 1. The molecule has 0 spiro atoms. The van der Waals surface area contributed by atoms with Gasteiger partial charge in [-0.3, -0.25) is 0 Å². The second kappa shape index (κ2) is 5.56. The number of nitrogens with one attached hydrogen (secondary N) is 1. The molecule has 0 fully saturated rings. The van der Waals surface area contributed by atoms with Gasteiger partial charge in [0.05, 0.1) is 0 Å². The molecule has 0 aliphatic rings. The summed E-state index contributed by atoms with van der Waals surface area (Å²) in [6.07, 6.45) is 0.655. The summed E-state index contributed by atoms with van der Waals surface area (Å²) in [4.78, 5) is 4.06. The normalized spacial score (nSPS) is 10.1. The van der Waals surface area contributed by atoms with Crippen LogP contribution in [0.1, 0.15) is 24.1 Å². The number of halogens is 1. The Morgan fingerprint density at radius 2 is 2.22 bits per heavy atom. The maximum absolute atomic E-state index is 8.94. The average molecular weight is 262 g/mol. The van der Waals surface area contributed by atoms with Crippen LogP contribution in [0.3, 0.4) is 0 Å². The molecule has 2 rings (SSSR count). The largest absolute Gasteiger partial charge is 0.424 e. The molecule has 0 radical (unpaired) electrons. The van der Waals surface area contributed by atoms with Crippen molar-refractivity contribution in [2.45, 2.75) is 19.9 Å². The molecule has 4 nitrogen and oxygen atoms in total. The van der Waals surface area contributed by atoms with Crippen molar-refractivity contribution >= 4 is 17.5 Å². The van der Waals surface area contributed by atoms with E-state index in [9.17, 15) is 0 Å². The smallest absolute Gasteiger partial charge is 0.232 e. The van der Waals surface area contributed by atoms with Gasteiger partial charge in [-0.05, 0) is 11.6 Å². The molecular weight excluding hydrogens is 250 g/mol. The lowest BCUT2D eigenvalue weighted by Gasteiger charge is -2.04. The minimum atomic E-state index is 0.277. The highest BCUT2D eigenvalue weighted by Gasteiger charge is 2.11. The van der Waals surface area contributed by atoms with Gasteiger partial charge in [0, 0.05) is 18.0 Å². The SMILES string of the molecule is CCc1nc(C#N)c(NCc2ccccc2Cl)o1. The molecule has 0 unspecified atom stereocenters. The van der Waals surface area contributed by atoms with Crippen molar-refractivity contribution in [2.75, 3.05) is 5.32 Å². The summed E-state index contributed by atoms with van der Waals surface area (Å²) in [5.41, 5.74) is 1.22. The molecule has 0 aliphatic heterocycles. The molecule has 1 N–H and O–H groups in total. The summed E-state index contributed by atoms with van der Waals surface area (Å²) >= 11 is 6.05. The van der Waals surface area contributed by atoms with E-state index in [0.717, 1.165) is 5.56 Å². The Hall–Kier alpha value is -1.99. The Morgan fingerprint density at radius 1 is 1.44 bits per heavy atom. The van der Waals surface area contributed by atoms with Gasteiger partial charge in [0.15, 0.2) is 5.89 Å². The van der Waals surface area contributed by atoms with Gasteiger partial charge in [-0.15, -0.1) is 0 Å². The monoisotopic (exact) mass is 261 g/mol. The number of aromatic nitrogens is 1. The van der Waals surface area contributed by atoms with E-state index in [1.165, 1.54) is 0 Å². The van der Waals surface area contributed by atoms with Crippen LogP contribution in [0.25, 0.3) is 0 Å². The second-order valence-electron chi connectivity index (χ2n) is 3.70. The molecule has 2 aromatic rings. The summed E-state index contributed by atoms with van der Waals surface area (Å²) in [6, 6.07) is 9.52. The Labute approximate surface area is 110 Å². The zero-order chi connectivity index (χ0) is 13.0. The van der Waals surface area contributed by atoms with E-state index in [4.69, 9.17) is 21.3 Å². The number of nitriles is 1. The Balaban J connectivity index is 2.13. The fourth-order valence-corrected chi connectivity index (χ4v) is 1.73. The van der Waals surface area contributed by atoms with E-state index in [-0.39, 0.29) is 5.69 Å². The molecule has 0 saturated carbocycles. The molecule has 0 amide bonds. The van der Waals surface area contributed by atoms with Gasteiger partial charge in [-0.2, -0.15) is 5.26 Å². The highest BCUT2D eigenvalue weighted by molar-refractivity contribution is 6.31. The summed E-state index contributed by atoms with van der Waals surface area (Å²) in [5, 5.41) is 12.7. The minimum Gasteiger partial charge on any atom is -0.424 e. The first-order valence-electron chi connectivity index (χ1n) is 5.61. The summed E-state index contributed by atoms with van der Waals surface area (Å²) < 4.78 is 5.43. The number of oxazole rings is 1. The van der Waals surface area contributed by atoms with Crippen molar-refractivity contribution in [3.63, 3.8) is 0 Å². The average Bonchev–Trinajstić information content (AvgIpc) is 2.80. The van der Waals surface area contributed by atoms with Gasteiger partial charge in [0.2, 0.25) is 11.6 Å². The first-order valence-corrected chi connectivity index (χ1v) is 5.99. The summed E-state index contributed by atoms with van der Waals surface area (Å²) in [5.74, 6) is 0.947. The highest BCUT2D eigenvalue weighted by atomic mass is 35.5. The first-order chi connectivity index (χ1) is 8.74. The Morgan fingerprint density at radius 3 is 2.89 bits per heavy atom. The Kier molecular flexibility index (Phi) is 3.85. The van der Waals surface area contributed by atoms with Crippen LogP contribution in [0.4, 0.5) is 5.88 Å². The van der Waals surface area contributed by atoms with E-state index in [1.54, 1.807) is 0 Å². The number of hydrogen-bond acceptors (Lipinski definition) is 4. The van der Waals surface area contributed by atoms with Gasteiger partial charge in [-0.1, -0.05) is 36.7 Å². The molecular formula is C13H12ClN3O. The van der Waals surface area contributed by atoms with E-state index in [0.29, 0.717) is 29.8 Å². The van der Waals surface area contributed by atoms with Gasteiger partial charge < -0.3 is 9.73 Å². The lowest BCUT2D eigenvalue weighted by molar-refractivity contribution is 0.512. The van der Waals surface area contributed by atoms with Crippen molar-refractivity contribution in [1.29, 1.82) is 5.26 Å². The fourth-order valence-electron chi connectivity index (χ4n) is 1.53. The van der Waals surface area contributed by atoms with Crippen LogP contribution in [-0.4, -0.2) is 4.98 Å². The lowest BCUT2D eigenvalue weighted by Crippen LogP contribution is -2.00. The third kappa shape index (κ3) is 2.63. The third-order valence-corrected chi connectivity index (χ3v) is 2.85. The van der Waals surface area contributed by atoms with Crippen LogP contribution < -0.4 is 5.32 Å². The van der Waals surface area contributed by atoms with E-state index < -0.39 is 0 Å². The van der Waals surface area contributed by atoms with Crippen molar-refractivity contribution in [3.8, 4) is 6.07 Å². The molecule has 1 aromatic heterocycles. The van der Waals surface area contributed by atoms with Crippen molar-refractivity contribution in [1.82, 2.24) is 4.98 Å². The van der Waals surface area contributed by atoms with Gasteiger partial charge in [0.1, 0.15) is 6.07 Å². The maximum Gasteiger partial charge on any atom is 0.232 e. The molecule has 92 valence electrons. The molecule has 0 bridgehead atoms. The van der Waals surface area contributed by atoms with Crippen LogP contribution in [0.2, 0.25) is 5.02 Å². The number of aryl methyl sites for hydroxylation is 1. The van der Waals surface area contributed by atoms with Crippen molar-refractivity contribution in [3.05, 3.63) is 46.4 Å². The number of benzene rings is 1. The minimum absolute atomic E-state index is 0.277. The van der Waals surface area contributed by atoms with Crippen LogP contribution in [0.15, 0.2) is 28.7 Å².